The van der Waals surface area contributed by atoms with Gasteiger partial charge in [-0.2, -0.15) is 0 Å². The maximum Gasteiger partial charge on any atom is 0.0971 e. The molecule has 0 bridgehead atoms. The van der Waals surface area contributed by atoms with Crippen molar-refractivity contribution in [3.63, 3.8) is 0 Å². The van der Waals surface area contributed by atoms with Crippen molar-refractivity contribution in [1.82, 2.24) is 0 Å². The number of amidine groups is 1. The molecule has 2 N–H and O–H groups in total. The molecule has 2 fully saturated rings. The van der Waals surface area contributed by atoms with E-state index in [-0.39, 0.29) is 0 Å². The third kappa shape index (κ3) is 2.73. The molecule has 2 rings (SSSR count). The Kier molecular flexibility index (Phi) is 3.66. The summed E-state index contributed by atoms with van der Waals surface area (Å²) in [4.78, 5) is 4.72. The van der Waals surface area contributed by atoms with Crippen molar-refractivity contribution in [2.75, 3.05) is 0 Å². The third-order valence-electron chi connectivity index (χ3n) is 4.21. The van der Waals surface area contributed by atoms with Gasteiger partial charge < -0.3 is 5.73 Å². The largest absolute Gasteiger partial charge is 0.387 e. The number of rotatable bonds is 3. The smallest absolute Gasteiger partial charge is 0.0971 e. The van der Waals surface area contributed by atoms with Crippen molar-refractivity contribution in [1.29, 1.82) is 0 Å². The molecule has 0 saturated heterocycles. The van der Waals surface area contributed by atoms with Crippen LogP contribution in [0.2, 0.25) is 0 Å². The molecule has 2 saturated carbocycles. The van der Waals surface area contributed by atoms with E-state index in [1.54, 1.807) is 0 Å². The van der Waals surface area contributed by atoms with E-state index in [9.17, 15) is 0 Å². The van der Waals surface area contributed by atoms with Crippen LogP contribution in [-0.4, -0.2) is 11.9 Å². The first-order valence-electron chi connectivity index (χ1n) is 6.60. The van der Waals surface area contributed by atoms with Crippen LogP contribution in [0.3, 0.4) is 0 Å². The van der Waals surface area contributed by atoms with Gasteiger partial charge in [0.1, 0.15) is 0 Å². The average Bonchev–Trinajstić information content (AvgIpc) is 2.16. The predicted octanol–water partition coefficient (Wildman–Crippen LogP) is 3.11. The first kappa shape index (κ1) is 11.0. The van der Waals surface area contributed by atoms with Crippen molar-refractivity contribution in [2.24, 2.45) is 22.6 Å². The van der Waals surface area contributed by atoms with Gasteiger partial charge in [-0.15, -0.1) is 0 Å². The molecule has 0 aliphatic heterocycles. The Balaban J connectivity index is 1.86. The van der Waals surface area contributed by atoms with Gasteiger partial charge in [-0.25, -0.2) is 0 Å². The summed E-state index contributed by atoms with van der Waals surface area (Å²) in [6.45, 7) is 2.24. The highest BCUT2D eigenvalue weighted by atomic mass is 14.9. The van der Waals surface area contributed by atoms with Gasteiger partial charge in [0.25, 0.3) is 0 Å². The topological polar surface area (TPSA) is 38.4 Å². The van der Waals surface area contributed by atoms with Gasteiger partial charge >= 0.3 is 0 Å². The summed E-state index contributed by atoms with van der Waals surface area (Å²) in [5.41, 5.74) is 6.12. The number of hydrogen-bond acceptors (Lipinski definition) is 1. The fraction of sp³-hybridized carbons (Fsp3) is 0.923. The first-order chi connectivity index (χ1) is 7.27. The SMILES string of the molecule is CC(N=C(N)C1CCCCC1)C1CCC1. The molecule has 0 spiro atoms. The molecule has 0 amide bonds. The molecule has 0 radical (unpaired) electrons. The van der Waals surface area contributed by atoms with Crippen molar-refractivity contribution >= 4 is 5.84 Å². The Morgan fingerprint density at radius 2 is 1.73 bits per heavy atom. The molecule has 2 aliphatic rings. The maximum atomic E-state index is 6.12. The maximum absolute atomic E-state index is 6.12. The molecular weight excluding hydrogens is 184 g/mol. The summed E-state index contributed by atoms with van der Waals surface area (Å²) < 4.78 is 0. The second-order valence-electron chi connectivity index (χ2n) is 5.32. The zero-order chi connectivity index (χ0) is 10.7. The van der Waals surface area contributed by atoms with Gasteiger partial charge in [-0.3, -0.25) is 4.99 Å². The molecule has 1 unspecified atom stereocenters. The Labute approximate surface area is 93.3 Å². The van der Waals surface area contributed by atoms with Crippen molar-refractivity contribution in [2.45, 2.75) is 64.3 Å². The Bertz CT molecular complexity index is 225. The molecule has 15 heavy (non-hydrogen) atoms. The van der Waals surface area contributed by atoms with Crippen LogP contribution in [0, 0.1) is 11.8 Å². The Morgan fingerprint density at radius 3 is 2.27 bits per heavy atom. The fourth-order valence-electron chi connectivity index (χ4n) is 2.77. The summed E-state index contributed by atoms with van der Waals surface area (Å²) in [6, 6.07) is 0.473. The van der Waals surface area contributed by atoms with E-state index in [1.807, 2.05) is 0 Å². The monoisotopic (exact) mass is 208 g/mol. The minimum Gasteiger partial charge on any atom is -0.387 e. The minimum atomic E-state index is 0.473. The first-order valence-corrected chi connectivity index (χ1v) is 6.60. The van der Waals surface area contributed by atoms with E-state index in [1.165, 1.54) is 51.4 Å². The summed E-state index contributed by atoms with van der Waals surface area (Å²) in [5.74, 6) is 2.38. The molecule has 0 aromatic heterocycles. The summed E-state index contributed by atoms with van der Waals surface area (Å²) in [7, 11) is 0. The molecule has 2 nitrogen and oxygen atoms in total. The lowest BCUT2D eigenvalue weighted by Crippen LogP contribution is -2.30. The van der Waals surface area contributed by atoms with Gasteiger partial charge in [0, 0.05) is 5.92 Å². The molecular formula is C13H24N2. The van der Waals surface area contributed by atoms with E-state index in [0.717, 1.165) is 11.8 Å². The lowest BCUT2D eigenvalue weighted by Gasteiger charge is -2.30. The van der Waals surface area contributed by atoms with Gasteiger partial charge in [0.15, 0.2) is 0 Å². The summed E-state index contributed by atoms with van der Waals surface area (Å²) in [5, 5.41) is 0. The lowest BCUT2D eigenvalue weighted by atomic mass is 9.80. The zero-order valence-electron chi connectivity index (χ0n) is 9.91. The number of hydrogen-bond donors (Lipinski definition) is 1. The van der Waals surface area contributed by atoms with Crippen LogP contribution in [0.1, 0.15) is 58.3 Å². The highest BCUT2D eigenvalue weighted by molar-refractivity contribution is 5.83. The van der Waals surface area contributed by atoms with E-state index >= 15 is 0 Å². The van der Waals surface area contributed by atoms with Crippen molar-refractivity contribution in [3.8, 4) is 0 Å². The average molecular weight is 208 g/mol. The number of aliphatic imine (C=N–C) groups is 1. The van der Waals surface area contributed by atoms with Gasteiger partial charge in [0.2, 0.25) is 0 Å². The van der Waals surface area contributed by atoms with E-state index in [4.69, 9.17) is 10.7 Å². The molecule has 86 valence electrons. The second kappa shape index (κ2) is 5.00. The van der Waals surface area contributed by atoms with Crippen LogP contribution < -0.4 is 5.73 Å². The lowest BCUT2D eigenvalue weighted by molar-refractivity contribution is 0.273. The van der Waals surface area contributed by atoms with Crippen LogP contribution in [0.5, 0.6) is 0 Å². The van der Waals surface area contributed by atoms with Crippen LogP contribution in [-0.2, 0) is 0 Å². The van der Waals surface area contributed by atoms with E-state index < -0.39 is 0 Å². The molecule has 1 atom stereocenters. The second-order valence-corrected chi connectivity index (χ2v) is 5.32. The van der Waals surface area contributed by atoms with Crippen LogP contribution in [0.15, 0.2) is 4.99 Å². The predicted molar refractivity (Wildman–Crippen MR) is 65.0 cm³/mol. The number of nitrogens with zero attached hydrogens (tertiary/aromatic N) is 1. The van der Waals surface area contributed by atoms with Gasteiger partial charge in [-0.05, 0) is 38.5 Å². The molecule has 2 aliphatic carbocycles. The Morgan fingerprint density at radius 1 is 1.07 bits per heavy atom. The van der Waals surface area contributed by atoms with Crippen LogP contribution >= 0.6 is 0 Å². The Hall–Kier alpha value is -0.530. The quantitative estimate of drug-likeness (QED) is 0.561. The fourth-order valence-corrected chi connectivity index (χ4v) is 2.77. The molecule has 0 heterocycles. The normalized spacial score (nSPS) is 27.4. The number of nitrogens with two attached hydrogens (primary N) is 1. The summed E-state index contributed by atoms with van der Waals surface area (Å²) in [6.07, 6.45) is 10.7. The van der Waals surface area contributed by atoms with E-state index in [0.29, 0.717) is 12.0 Å². The minimum absolute atomic E-state index is 0.473. The third-order valence-corrected chi connectivity index (χ3v) is 4.21. The molecule has 2 heteroatoms. The van der Waals surface area contributed by atoms with Gasteiger partial charge in [0.05, 0.1) is 11.9 Å². The van der Waals surface area contributed by atoms with Crippen LogP contribution in [0.4, 0.5) is 0 Å². The van der Waals surface area contributed by atoms with E-state index in [2.05, 4.69) is 6.92 Å². The summed E-state index contributed by atoms with van der Waals surface area (Å²) >= 11 is 0. The van der Waals surface area contributed by atoms with Crippen molar-refractivity contribution < 1.29 is 0 Å². The molecule has 0 aromatic rings. The molecule has 0 aromatic carbocycles. The van der Waals surface area contributed by atoms with Crippen LogP contribution in [0.25, 0.3) is 0 Å². The van der Waals surface area contributed by atoms with Gasteiger partial charge in [-0.1, -0.05) is 25.7 Å². The standard InChI is InChI=1S/C13H24N2/c1-10(11-8-5-9-11)15-13(14)12-6-3-2-4-7-12/h10-12H,2-9H2,1H3,(H2,14,15). The zero-order valence-corrected chi connectivity index (χ0v) is 9.91. The van der Waals surface area contributed by atoms with Crippen molar-refractivity contribution in [3.05, 3.63) is 0 Å². The highest BCUT2D eigenvalue weighted by Crippen LogP contribution is 2.31. The highest BCUT2D eigenvalue weighted by Gasteiger charge is 2.25.